The molecule has 0 aromatic heterocycles. The van der Waals surface area contributed by atoms with Crippen molar-refractivity contribution in [2.45, 2.75) is 43.5 Å². The number of sulfonamides is 1. The highest BCUT2D eigenvalue weighted by atomic mass is 35.5. The Morgan fingerprint density at radius 2 is 1.66 bits per heavy atom. The fourth-order valence-electron chi connectivity index (χ4n) is 3.75. The van der Waals surface area contributed by atoms with E-state index in [-0.39, 0.29) is 21.5 Å². The normalized spacial score (nSPS) is 16.1. The lowest BCUT2D eigenvalue weighted by atomic mass is 10.1. The van der Waals surface area contributed by atoms with E-state index in [4.69, 9.17) is 21.1 Å². The molecule has 2 aromatic carbocycles. The number of amides is 1. The summed E-state index contributed by atoms with van der Waals surface area (Å²) in [6.07, 6.45) is 3.66. The molecule has 1 aliphatic rings. The Morgan fingerprint density at radius 3 is 2.28 bits per heavy atom. The van der Waals surface area contributed by atoms with Gasteiger partial charge >= 0.3 is 0 Å². The van der Waals surface area contributed by atoms with Crippen LogP contribution in [0, 0.1) is 0 Å². The molecular weight excluding hydrogens is 452 g/mol. The average Bonchev–Trinajstić information content (AvgIpc) is 3.09. The van der Waals surface area contributed by atoms with Crippen molar-refractivity contribution in [2.24, 2.45) is 0 Å². The first-order chi connectivity index (χ1) is 15.3. The number of halogens is 1. The van der Waals surface area contributed by atoms with Crippen molar-refractivity contribution >= 4 is 27.5 Å². The number of carbonyl (C=O) groups excluding carboxylic acids is 1. The molecule has 0 aliphatic carbocycles. The number of benzene rings is 2. The Hall–Kier alpha value is -2.29. The largest absolute Gasteiger partial charge is 0.493 e. The van der Waals surface area contributed by atoms with Crippen LogP contribution >= 0.6 is 11.6 Å². The van der Waals surface area contributed by atoms with E-state index in [2.05, 4.69) is 5.32 Å². The highest BCUT2D eigenvalue weighted by Gasteiger charge is 2.28. The molecular formula is C23H29ClN2O5S. The first-order valence-corrected chi connectivity index (χ1v) is 12.4. The van der Waals surface area contributed by atoms with Gasteiger partial charge in [-0.2, -0.15) is 4.31 Å². The molecule has 32 heavy (non-hydrogen) atoms. The van der Waals surface area contributed by atoms with E-state index in [1.54, 1.807) is 26.4 Å². The molecule has 0 spiro atoms. The zero-order valence-corrected chi connectivity index (χ0v) is 20.1. The predicted octanol–water partition coefficient (Wildman–Crippen LogP) is 4.41. The van der Waals surface area contributed by atoms with Gasteiger partial charge in [0, 0.05) is 18.7 Å². The third kappa shape index (κ3) is 5.36. The highest BCUT2D eigenvalue weighted by Crippen LogP contribution is 2.31. The van der Waals surface area contributed by atoms with Gasteiger partial charge in [-0.1, -0.05) is 30.5 Å². The van der Waals surface area contributed by atoms with E-state index in [0.29, 0.717) is 24.6 Å². The van der Waals surface area contributed by atoms with Gasteiger partial charge in [0.2, 0.25) is 10.0 Å². The van der Waals surface area contributed by atoms with Crippen molar-refractivity contribution in [1.82, 2.24) is 9.62 Å². The zero-order chi connectivity index (χ0) is 23.3. The molecule has 1 aliphatic heterocycles. The molecule has 1 heterocycles. The summed E-state index contributed by atoms with van der Waals surface area (Å²) in [6.45, 7) is 2.76. The number of rotatable bonds is 7. The summed E-state index contributed by atoms with van der Waals surface area (Å²) in [6, 6.07) is 9.40. The lowest BCUT2D eigenvalue weighted by Gasteiger charge is -2.21. The predicted molar refractivity (Wildman–Crippen MR) is 124 cm³/mol. The fourth-order valence-corrected chi connectivity index (χ4v) is 5.77. The summed E-state index contributed by atoms with van der Waals surface area (Å²) < 4.78 is 38.4. The van der Waals surface area contributed by atoms with Crippen LogP contribution in [0.2, 0.25) is 5.02 Å². The molecule has 1 fully saturated rings. The molecule has 0 radical (unpaired) electrons. The zero-order valence-electron chi connectivity index (χ0n) is 18.6. The summed E-state index contributed by atoms with van der Waals surface area (Å²) in [5.41, 5.74) is 1.05. The van der Waals surface area contributed by atoms with Crippen LogP contribution in [0.5, 0.6) is 11.5 Å². The molecule has 0 saturated carbocycles. The van der Waals surface area contributed by atoms with Gasteiger partial charge in [0.15, 0.2) is 11.5 Å². The third-order valence-electron chi connectivity index (χ3n) is 5.63. The van der Waals surface area contributed by atoms with Crippen LogP contribution in [-0.4, -0.2) is 45.9 Å². The van der Waals surface area contributed by atoms with Crippen molar-refractivity contribution in [3.8, 4) is 11.5 Å². The first kappa shape index (κ1) is 24.4. The minimum Gasteiger partial charge on any atom is -0.493 e. The minimum absolute atomic E-state index is 0.0347. The summed E-state index contributed by atoms with van der Waals surface area (Å²) >= 11 is 6.25. The van der Waals surface area contributed by atoms with Crippen molar-refractivity contribution in [1.29, 1.82) is 0 Å². The molecule has 1 N–H and O–H groups in total. The minimum atomic E-state index is -3.78. The van der Waals surface area contributed by atoms with Crippen LogP contribution in [0.4, 0.5) is 0 Å². The van der Waals surface area contributed by atoms with Crippen molar-refractivity contribution in [2.75, 3.05) is 27.3 Å². The van der Waals surface area contributed by atoms with Gasteiger partial charge in [-0.3, -0.25) is 4.79 Å². The number of ether oxygens (including phenoxy) is 2. The van der Waals surface area contributed by atoms with Crippen molar-refractivity contribution in [3.63, 3.8) is 0 Å². The maximum absolute atomic E-state index is 13.2. The molecule has 1 saturated heterocycles. The van der Waals surface area contributed by atoms with Crippen LogP contribution in [-0.2, 0) is 10.0 Å². The van der Waals surface area contributed by atoms with E-state index in [9.17, 15) is 13.2 Å². The molecule has 3 rings (SSSR count). The van der Waals surface area contributed by atoms with E-state index in [1.807, 2.05) is 13.0 Å². The summed E-state index contributed by atoms with van der Waals surface area (Å²) in [7, 11) is -0.676. The SMILES string of the molecule is COc1ccc(C(C)NC(=O)c2ccc(Cl)c(S(=O)(=O)N3CCCCCC3)c2)cc1OC. The van der Waals surface area contributed by atoms with E-state index in [1.165, 1.54) is 22.5 Å². The van der Waals surface area contributed by atoms with Crippen LogP contribution in [0.1, 0.15) is 54.6 Å². The van der Waals surface area contributed by atoms with Gasteiger partial charge in [-0.05, 0) is 55.7 Å². The van der Waals surface area contributed by atoms with Gasteiger partial charge in [-0.25, -0.2) is 8.42 Å². The third-order valence-corrected chi connectivity index (χ3v) is 8.01. The Balaban J connectivity index is 1.82. The molecule has 174 valence electrons. The number of hydrogen-bond acceptors (Lipinski definition) is 5. The van der Waals surface area contributed by atoms with Crippen molar-refractivity contribution < 1.29 is 22.7 Å². The summed E-state index contributed by atoms with van der Waals surface area (Å²) in [5, 5.41) is 3.01. The van der Waals surface area contributed by atoms with Crippen molar-refractivity contribution in [3.05, 3.63) is 52.5 Å². The second-order valence-corrected chi connectivity index (χ2v) is 10.1. The van der Waals surface area contributed by atoms with Gasteiger partial charge in [0.05, 0.1) is 25.3 Å². The topological polar surface area (TPSA) is 84.9 Å². The second kappa shape index (κ2) is 10.6. The number of hydrogen-bond donors (Lipinski definition) is 1. The molecule has 1 amide bonds. The quantitative estimate of drug-likeness (QED) is 0.634. The number of methoxy groups -OCH3 is 2. The Labute approximate surface area is 194 Å². The second-order valence-electron chi connectivity index (χ2n) is 7.77. The van der Waals surface area contributed by atoms with Gasteiger partial charge in [0.1, 0.15) is 4.90 Å². The lowest BCUT2D eigenvalue weighted by Crippen LogP contribution is -2.32. The van der Waals surface area contributed by atoms with Crippen LogP contribution in [0.15, 0.2) is 41.3 Å². The van der Waals surface area contributed by atoms with Gasteiger partial charge in [-0.15, -0.1) is 0 Å². The maximum atomic E-state index is 13.2. The summed E-state index contributed by atoms with van der Waals surface area (Å²) in [5.74, 6) is 0.760. The van der Waals surface area contributed by atoms with Crippen LogP contribution in [0.25, 0.3) is 0 Å². The Bertz CT molecular complexity index is 1070. The smallest absolute Gasteiger partial charge is 0.251 e. The average molecular weight is 481 g/mol. The van der Waals surface area contributed by atoms with Crippen LogP contribution in [0.3, 0.4) is 0 Å². The molecule has 1 unspecified atom stereocenters. The van der Waals surface area contributed by atoms with E-state index < -0.39 is 15.9 Å². The highest BCUT2D eigenvalue weighted by molar-refractivity contribution is 7.89. The van der Waals surface area contributed by atoms with Crippen LogP contribution < -0.4 is 14.8 Å². The maximum Gasteiger partial charge on any atom is 0.251 e. The number of carbonyl (C=O) groups is 1. The fraction of sp³-hybridized carbons (Fsp3) is 0.435. The molecule has 0 bridgehead atoms. The molecule has 9 heteroatoms. The number of nitrogens with one attached hydrogen (secondary N) is 1. The van der Waals surface area contributed by atoms with E-state index in [0.717, 1.165) is 31.2 Å². The first-order valence-electron chi connectivity index (χ1n) is 10.6. The Morgan fingerprint density at radius 1 is 1.00 bits per heavy atom. The summed E-state index contributed by atoms with van der Waals surface area (Å²) in [4.78, 5) is 12.9. The van der Waals surface area contributed by atoms with Gasteiger partial charge < -0.3 is 14.8 Å². The monoisotopic (exact) mass is 480 g/mol. The lowest BCUT2D eigenvalue weighted by molar-refractivity contribution is 0.0939. The Kier molecular flexibility index (Phi) is 8.03. The molecule has 1 atom stereocenters. The number of nitrogens with zero attached hydrogens (tertiary/aromatic N) is 1. The van der Waals surface area contributed by atoms with E-state index >= 15 is 0 Å². The standard InChI is InChI=1S/C23H29ClN2O5S/c1-16(17-9-11-20(30-2)21(14-17)31-3)25-23(27)18-8-10-19(24)22(15-18)32(28,29)26-12-6-4-5-7-13-26/h8-11,14-16H,4-7,12-13H2,1-3H3,(H,25,27). The van der Waals surface area contributed by atoms with Gasteiger partial charge in [0.25, 0.3) is 5.91 Å². The molecule has 7 nitrogen and oxygen atoms in total. The molecule has 2 aromatic rings.